The van der Waals surface area contributed by atoms with Gasteiger partial charge in [-0.2, -0.15) is 9.57 Å². The molecule has 0 radical (unpaired) electrons. The Labute approximate surface area is 135 Å². The molecule has 0 aliphatic carbocycles. The fourth-order valence-electron chi connectivity index (χ4n) is 3.18. The van der Waals surface area contributed by atoms with E-state index >= 15 is 0 Å². The van der Waals surface area contributed by atoms with Crippen LogP contribution in [0.5, 0.6) is 0 Å². The number of nitrogens with zero attached hydrogens (tertiary/aromatic N) is 3. The van der Waals surface area contributed by atoms with Crippen LogP contribution in [0.4, 0.5) is 4.39 Å². The Bertz CT molecular complexity index is 747. The van der Waals surface area contributed by atoms with Crippen LogP contribution in [0.2, 0.25) is 0 Å². The van der Waals surface area contributed by atoms with E-state index in [0.717, 1.165) is 25.1 Å². The number of piperidine rings is 1. The van der Waals surface area contributed by atoms with Crippen LogP contribution in [-0.2, 0) is 14.8 Å². The van der Waals surface area contributed by atoms with Crippen LogP contribution in [0.1, 0.15) is 12.0 Å². The zero-order chi connectivity index (χ0) is 16.6. The summed E-state index contributed by atoms with van der Waals surface area (Å²) in [5.74, 6) is -0.719. The molecule has 1 aromatic rings. The molecule has 0 spiro atoms. The molecule has 23 heavy (non-hydrogen) atoms. The molecule has 8 heteroatoms. The van der Waals surface area contributed by atoms with Crippen molar-refractivity contribution < 1.29 is 17.5 Å². The van der Waals surface area contributed by atoms with Gasteiger partial charge in [0.1, 0.15) is 11.9 Å². The Balaban J connectivity index is 1.96. The largest absolute Gasteiger partial charge is 0.375 e. The smallest absolute Gasteiger partial charge is 0.243 e. The van der Waals surface area contributed by atoms with Gasteiger partial charge in [0.25, 0.3) is 0 Å². The van der Waals surface area contributed by atoms with Crippen molar-refractivity contribution in [1.82, 2.24) is 9.21 Å². The summed E-state index contributed by atoms with van der Waals surface area (Å²) in [6, 6.07) is 4.76. The molecule has 124 valence electrons. The first kappa shape index (κ1) is 16.3. The summed E-state index contributed by atoms with van der Waals surface area (Å²) >= 11 is 0. The van der Waals surface area contributed by atoms with Crippen molar-refractivity contribution in [1.29, 1.82) is 5.26 Å². The molecule has 0 unspecified atom stereocenters. The number of ether oxygens (including phenoxy) is 1. The first-order valence-corrected chi connectivity index (χ1v) is 8.89. The van der Waals surface area contributed by atoms with E-state index in [0.29, 0.717) is 13.2 Å². The van der Waals surface area contributed by atoms with Gasteiger partial charge in [-0.3, -0.25) is 0 Å². The van der Waals surface area contributed by atoms with Crippen molar-refractivity contribution in [3.63, 3.8) is 0 Å². The number of hydrogen-bond donors (Lipinski definition) is 0. The van der Waals surface area contributed by atoms with Crippen molar-refractivity contribution in [3.05, 3.63) is 29.6 Å². The third kappa shape index (κ3) is 2.97. The summed E-state index contributed by atoms with van der Waals surface area (Å²) in [6.07, 6.45) is 0.658. The highest BCUT2D eigenvalue weighted by molar-refractivity contribution is 7.89. The number of likely N-dealkylation sites (tertiary alicyclic amines) is 1. The number of morpholine rings is 1. The zero-order valence-corrected chi connectivity index (χ0v) is 13.6. The lowest BCUT2D eigenvalue weighted by Gasteiger charge is -2.45. The van der Waals surface area contributed by atoms with Crippen LogP contribution in [0.15, 0.2) is 23.1 Å². The maximum Gasteiger partial charge on any atom is 0.243 e. The lowest BCUT2D eigenvalue weighted by Crippen LogP contribution is -2.60. The second kappa shape index (κ2) is 6.17. The van der Waals surface area contributed by atoms with Gasteiger partial charge in [0, 0.05) is 19.6 Å². The van der Waals surface area contributed by atoms with Gasteiger partial charge in [-0.1, -0.05) is 0 Å². The van der Waals surface area contributed by atoms with E-state index in [2.05, 4.69) is 4.90 Å². The van der Waals surface area contributed by atoms with E-state index in [9.17, 15) is 12.8 Å². The molecule has 0 amide bonds. The molecular weight excluding hydrogens is 321 g/mol. The summed E-state index contributed by atoms with van der Waals surface area (Å²) in [5, 5.41) is 8.92. The van der Waals surface area contributed by atoms with Crippen LogP contribution in [0.3, 0.4) is 0 Å². The first-order valence-electron chi connectivity index (χ1n) is 7.45. The van der Waals surface area contributed by atoms with Crippen LogP contribution in [0.25, 0.3) is 0 Å². The van der Waals surface area contributed by atoms with Gasteiger partial charge in [-0.15, -0.1) is 0 Å². The Morgan fingerprint density at radius 3 is 2.91 bits per heavy atom. The molecular formula is C15H18FN3O3S. The molecule has 0 bridgehead atoms. The van der Waals surface area contributed by atoms with Crippen molar-refractivity contribution in [2.45, 2.75) is 23.5 Å². The average molecular weight is 339 g/mol. The molecule has 6 nitrogen and oxygen atoms in total. The Hall–Kier alpha value is -1.53. The number of nitriles is 1. The molecule has 1 aromatic carbocycles. The van der Waals surface area contributed by atoms with E-state index in [1.54, 1.807) is 6.07 Å². The monoisotopic (exact) mass is 339 g/mol. The summed E-state index contributed by atoms with van der Waals surface area (Å²) in [5.41, 5.74) is -0.267. The van der Waals surface area contributed by atoms with Gasteiger partial charge in [-0.05, 0) is 31.7 Å². The van der Waals surface area contributed by atoms with E-state index < -0.39 is 15.8 Å². The minimum atomic E-state index is -3.80. The molecule has 0 saturated carbocycles. The molecule has 2 heterocycles. The van der Waals surface area contributed by atoms with Crippen LogP contribution in [0, 0.1) is 17.1 Å². The lowest BCUT2D eigenvalue weighted by atomic mass is 10.0. The van der Waals surface area contributed by atoms with Crippen LogP contribution >= 0.6 is 0 Å². The second-order valence-electron chi connectivity index (χ2n) is 5.90. The summed E-state index contributed by atoms with van der Waals surface area (Å²) in [4.78, 5) is 2.02. The molecule has 2 aliphatic heterocycles. The highest BCUT2D eigenvalue weighted by Crippen LogP contribution is 2.28. The van der Waals surface area contributed by atoms with Gasteiger partial charge in [0.05, 0.1) is 29.2 Å². The van der Waals surface area contributed by atoms with E-state index in [1.165, 1.54) is 10.4 Å². The maximum absolute atomic E-state index is 13.5. The lowest BCUT2D eigenvalue weighted by molar-refractivity contribution is -0.0719. The molecule has 2 atom stereocenters. The van der Waals surface area contributed by atoms with Crippen molar-refractivity contribution in [3.8, 4) is 6.07 Å². The number of rotatable bonds is 2. The number of likely N-dealkylation sites (N-methyl/N-ethyl adjacent to an activating group) is 1. The number of fused-ring (bicyclic) bond motifs is 1. The summed E-state index contributed by atoms with van der Waals surface area (Å²) in [7, 11) is -1.85. The molecule has 2 saturated heterocycles. The minimum Gasteiger partial charge on any atom is -0.375 e. The summed E-state index contributed by atoms with van der Waals surface area (Å²) in [6.45, 7) is 2.06. The number of sulfonamides is 1. The second-order valence-corrected chi connectivity index (χ2v) is 7.79. The minimum absolute atomic E-state index is 0.0515. The number of hydrogen-bond acceptors (Lipinski definition) is 5. The van der Waals surface area contributed by atoms with Gasteiger partial charge in [0.15, 0.2) is 0 Å². The predicted octanol–water partition coefficient (Wildman–Crippen LogP) is 0.791. The van der Waals surface area contributed by atoms with E-state index in [-0.39, 0.29) is 29.1 Å². The van der Waals surface area contributed by atoms with Crippen molar-refractivity contribution >= 4 is 10.0 Å². The molecule has 2 aliphatic rings. The van der Waals surface area contributed by atoms with Crippen LogP contribution in [-0.4, -0.2) is 63.1 Å². The van der Waals surface area contributed by atoms with E-state index in [4.69, 9.17) is 10.00 Å². The third-order valence-electron chi connectivity index (χ3n) is 4.40. The van der Waals surface area contributed by atoms with E-state index in [1.807, 2.05) is 7.05 Å². The Kier molecular flexibility index (Phi) is 4.38. The highest BCUT2D eigenvalue weighted by atomic mass is 32.2. The Morgan fingerprint density at radius 2 is 2.17 bits per heavy atom. The van der Waals surface area contributed by atoms with Gasteiger partial charge >= 0.3 is 0 Å². The maximum atomic E-state index is 13.5. The SMILES string of the molecule is CN1CC[C@@H]2OCCN(S(=O)(=O)c3ccc(F)c(C#N)c3)[C@H]2C1. The number of halogens is 1. The highest BCUT2D eigenvalue weighted by Gasteiger charge is 2.42. The quantitative estimate of drug-likeness (QED) is 0.796. The topological polar surface area (TPSA) is 73.6 Å². The predicted molar refractivity (Wildman–Crippen MR) is 80.6 cm³/mol. The zero-order valence-electron chi connectivity index (χ0n) is 12.8. The fourth-order valence-corrected chi connectivity index (χ4v) is 4.83. The average Bonchev–Trinajstić information content (AvgIpc) is 2.54. The molecule has 0 aromatic heterocycles. The third-order valence-corrected chi connectivity index (χ3v) is 6.32. The molecule has 0 N–H and O–H groups in total. The fraction of sp³-hybridized carbons (Fsp3) is 0.533. The first-order chi connectivity index (χ1) is 10.9. The van der Waals surface area contributed by atoms with Crippen molar-refractivity contribution in [2.24, 2.45) is 0 Å². The van der Waals surface area contributed by atoms with Gasteiger partial charge in [0.2, 0.25) is 10.0 Å². The Morgan fingerprint density at radius 1 is 1.39 bits per heavy atom. The standard InChI is InChI=1S/C15H18FN3O3S/c1-18-5-4-15-14(10-18)19(6-7-22-15)23(20,21)12-2-3-13(16)11(8-12)9-17/h2-3,8,14-15H,4-7,10H2,1H3/t14-,15-/m0/s1. The molecule has 3 rings (SSSR count). The van der Waals surface area contributed by atoms with Gasteiger partial charge < -0.3 is 9.64 Å². The number of benzene rings is 1. The van der Waals surface area contributed by atoms with Crippen molar-refractivity contribution in [2.75, 3.05) is 33.3 Å². The van der Waals surface area contributed by atoms with Crippen LogP contribution < -0.4 is 0 Å². The normalized spacial score (nSPS) is 26.5. The summed E-state index contributed by atoms with van der Waals surface area (Å²) < 4.78 is 46.5. The molecule has 2 fully saturated rings. The van der Waals surface area contributed by atoms with Gasteiger partial charge in [-0.25, -0.2) is 12.8 Å².